The van der Waals surface area contributed by atoms with E-state index in [0.29, 0.717) is 6.07 Å². The van der Waals surface area contributed by atoms with Gasteiger partial charge < -0.3 is 9.72 Å². The number of benzene rings is 1. The highest BCUT2D eigenvalue weighted by Crippen LogP contribution is 2.16. The molecule has 0 atom stereocenters. The van der Waals surface area contributed by atoms with E-state index in [4.69, 9.17) is 0 Å². The van der Waals surface area contributed by atoms with Crippen LogP contribution in [-0.4, -0.2) is 22.5 Å². The maximum absolute atomic E-state index is 13.1. The lowest BCUT2D eigenvalue weighted by molar-refractivity contribution is 0.0523. The Morgan fingerprint density at radius 3 is 2.50 bits per heavy atom. The van der Waals surface area contributed by atoms with Crippen molar-refractivity contribution in [1.82, 2.24) is 9.97 Å². The van der Waals surface area contributed by atoms with Crippen molar-refractivity contribution < 1.29 is 18.3 Å². The second-order valence-electron chi connectivity index (χ2n) is 3.85. The normalized spacial score (nSPS) is 10.3. The zero-order chi connectivity index (χ0) is 14.7. The molecule has 1 aromatic heterocycles. The SMILES string of the molecule is CCOC(=O)c1cnc(-c2cc(F)cc(F)c2)[nH]c1=O. The van der Waals surface area contributed by atoms with Gasteiger partial charge in [0.2, 0.25) is 0 Å². The van der Waals surface area contributed by atoms with Gasteiger partial charge in [-0.2, -0.15) is 0 Å². The molecule has 0 saturated carbocycles. The number of halogens is 2. The van der Waals surface area contributed by atoms with Gasteiger partial charge in [0, 0.05) is 17.8 Å². The molecule has 0 saturated heterocycles. The first-order valence-corrected chi connectivity index (χ1v) is 5.74. The minimum Gasteiger partial charge on any atom is -0.462 e. The Balaban J connectivity index is 2.43. The van der Waals surface area contributed by atoms with Gasteiger partial charge in [0.1, 0.15) is 23.0 Å². The molecule has 0 aliphatic carbocycles. The fourth-order valence-corrected chi connectivity index (χ4v) is 1.59. The molecular formula is C13H10F2N2O3. The molecule has 0 spiro atoms. The Labute approximate surface area is 112 Å². The van der Waals surface area contributed by atoms with Gasteiger partial charge >= 0.3 is 5.97 Å². The number of ether oxygens (including phenoxy) is 1. The average Bonchev–Trinajstić information content (AvgIpc) is 2.37. The van der Waals surface area contributed by atoms with E-state index < -0.39 is 23.2 Å². The molecule has 5 nitrogen and oxygen atoms in total. The number of aromatic nitrogens is 2. The van der Waals surface area contributed by atoms with E-state index in [-0.39, 0.29) is 23.6 Å². The summed E-state index contributed by atoms with van der Waals surface area (Å²) in [6.07, 6.45) is 1.01. The molecule has 0 amide bonds. The number of hydrogen-bond donors (Lipinski definition) is 1. The van der Waals surface area contributed by atoms with Gasteiger partial charge in [-0.3, -0.25) is 4.79 Å². The maximum atomic E-state index is 13.1. The summed E-state index contributed by atoms with van der Waals surface area (Å²) in [7, 11) is 0. The lowest BCUT2D eigenvalue weighted by Gasteiger charge is -2.04. The summed E-state index contributed by atoms with van der Waals surface area (Å²) < 4.78 is 30.9. The zero-order valence-corrected chi connectivity index (χ0v) is 10.4. The molecule has 20 heavy (non-hydrogen) atoms. The molecule has 1 N–H and O–H groups in total. The largest absolute Gasteiger partial charge is 0.462 e. The highest BCUT2D eigenvalue weighted by molar-refractivity contribution is 5.88. The first-order chi connectivity index (χ1) is 9.51. The minimum atomic E-state index is -0.807. The number of carbonyl (C=O) groups excluding carboxylic acids is 1. The minimum absolute atomic E-state index is 0.0403. The topological polar surface area (TPSA) is 72.0 Å². The van der Waals surface area contributed by atoms with E-state index in [1.165, 1.54) is 0 Å². The highest BCUT2D eigenvalue weighted by Gasteiger charge is 2.14. The van der Waals surface area contributed by atoms with Crippen LogP contribution in [0.4, 0.5) is 8.78 Å². The van der Waals surface area contributed by atoms with E-state index >= 15 is 0 Å². The van der Waals surface area contributed by atoms with Crippen LogP contribution in [0.1, 0.15) is 17.3 Å². The zero-order valence-electron chi connectivity index (χ0n) is 10.4. The summed E-state index contributed by atoms with van der Waals surface area (Å²) in [6, 6.07) is 2.74. The Bertz CT molecular complexity index is 693. The number of carbonyl (C=O) groups is 1. The number of nitrogens with zero attached hydrogens (tertiary/aromatic N) is 1. The summed E-state index contributed by atoms with van der Waals surface area (Å²) in [6.45, 7) is 1.72. The van der Waals surface area contributed by atoms with Gasteiger partial charge in [-0.15, -0.1) is 0 Å². The molecule has 104 valence electrons. The third-order valence-corrected chi connectivity index (χ3v) is 2.43. The predicted molar refractivity (Wildman–Crippen MR) is 66.2 cm³/mol. The van der Waals surface area contributed by atoms with Crippen LogP contribution in [0.2, 0.25) is 0 Å². The molecule has 0 fully saturated rings. The van der Waals surface area contributed by atoms with Crippen molar-refractivity contribution in [3.63, 3.8) is 0 Å². The van der Waals surface area contributed by atoms with Crippen molar-refractivity contribution in [3.8, 4) is 11.4 Å². The molecule has 0 unspecified atom stereocenters. The van der Waals surface area contributed by atoms with Gasteiger partial charge in [0.15, 0.2) is 0 Å². The molecule has 0 aliphatic heterocycles. The smallest absolute Gasteiger partial charge is 0.345 e. The van der Waals surface area contributed by atoms with Crippen LogP contribution in [0.15, 0.2) is 29.2 Å². The first kappa shape index (κ1) is 13.9. The second kappa shape index (κ2) is 5.60. The molecule has 1 heterocycles. The van der Waals surface area contributed by atoms with E-state index in [2.05, 4.69) is 14.7 Å². The molecule has 0 aliphatic rings. The van der Waals surface area contributed by atoms with Crippen molar-refractivity contribution in [1.29, 1.82) is 0 Å². The van der Waals surface area contributed by atoms with Crippen molar-refractivity contribution >= 4 is 5.97 Å². The Hall–Kier alpha value is -2.57. The van der Waals surface area contributed by atoms with Crippen LogP contribution in [-0.2, 0) is 4.74 Å². The number of H-pyrrole nitrogens is 1. The first-order valence-electron chi connectivity index (χ1n) is 5.74. The molecule has 2 rings (SSSR count). The number of nitrogens with one attached hydrogen (secondary N) is 1. The third kappa shape index (κ3) is 2.87. The number of aromatic amines is 1. The lowest BCUT2D eigenvalue weighted by atomic mass is 10.2. The predicted octanol–water partition coefficient (Wildman–Crippen LogP) is 1.89. The lowest BCUT2D eigenvalue weighted by Crippen LogP contribution is -2.21. The Morgan fingerprint density at radius 1 is 1.30 bits per heavy atom. The number of esters is 1. The van der Waals surface area contributed by atoms with Crippen LogP contribution < -0.4 is 5.56 Å². The summed E-state index contributed by atoms with van der Waals surface area (Å²) >= 11 is 0. The molecular weight excluding hydrogens is 270 g/mol. The highest BCUT2D eigenvalue weighted by atomic mass is 19.1. The summed E-state index contributed by atoms with van der Waals surface area (Å²) in [5.41, 5.74) is -0.944. The molecule has 0 bridgehead atoms. The maximum Gasteiger partial charge on any atom is 0.345 e. The van der Waals surface area contributed by atoms with Gasteiger partial charge in [0.05, 0.1) is 6.61 Å². The van der Waals surface area contributed by atoms with Gasteiger partial charge in [-0.25, -0.2) is 18.6 Å². The molecule has 1 aromatic carbocycles. The van der Waals surface area contributed by atoms with E-state index in [1.54, 1.807) is 6.92 Å². The monoisotopic (exact) mass is 280 g/mol. The third-order valence-electron chi connectivity index (χ3n) is 2.43. The van der Waals surface area contributed by atoms with Crippen molar-refractivity contribution in [2.45, 2.75) is 6.92 Å². The standard InChI is InChI=1S/C13H10F2N2O3/c1-2-20-13(19)10-6-16-11(17-12(10)18)7-3-8(14)5-9(15)4-7/h3-6H,2H2,1H3,(H,16,17,18). The molecule has 2 aromatic rings. The van der Waals surface area contributed by atoms with Gasteiger partial charge in [0.25, 0.3) is 5.56 Å². The summed E-state index contributed by atoms with van der Waals surface area (Å²) in [4.78, 5) is 29.2. The van der Waals surface area contributed by atoms with Crippen LogP contribution in [0.3, 0.4) is 0 Å². The fourth-order valence-electron chi connectivity index (χ4n) is 1.59. The van der Waals surface area contributed by atoms with Crippen LogP contribution >= 0.6 is 0 Å². The fraction of sp³-hybridized carbons (Fsp3) is 0.154. The molecule has 7 heteroatoms. The quantitative estimate of drug-likeness (QED) is 0.871. The number of rotatable bonds is 3. The summed E-state index contributed by atoms with van der Waals surface area (Å²) in [5, 5.41) is 0. The Morgan fingerprint density at radius 2 is 1.95 bits per heavy atom. The second-order valence-corrected chi connectivity index (χ2v) is 3.85. The van der Waals surface area contributed by atoms with Crippen molar-refractivity contribution in [2.75, 3.05) is 6.61 Å². The van der Waals surface area contributed by atoms with Crippen LogP contribution in [0.25, 0.3) is 11.4 Å². The van der Waals surface area contributed by atoms with Crippen molar-refractivity contribution in [3.05, 3.63) is 51.9 Å². The Kier molecular flexibility index (Phi) is 3.88. The summed E-state index contributed by atoms with van der Waals surface area (Å²) in [5.74, 6) is -2.44. The molecule has 0 radical (unpaired) electrons. The van der Waals surface area contributed by atoms with E-state index in [9.17, 15) is 18.4 Å². The number of hydrogen-bond acceptors (Lipinski definition) is 4. The average molecular weight is 280 g/mol. The van der Waals surface area contributed by atoms with E-state index in [0.717, 1.165) is 18.3 Å². The van der Waals surface area contributed by atoms with Gasteiger partial charge in [-0.1, -0.05) is 0 Å². The van der Waals surface area contributed by atoms with Crippen LogP contribution in [0.5, 0.6) is 0 Å². The van der Waals surface area contributed by atoms with Crippen LogP contribution in [0, 0.1) is 11.6 Å². The van der Waals surface area contributed by atoms with Gasteiger partial charge in [-0.05, 0) is 19.1 Å². The van der Waals surface area contributed by atoms with Crippen molar-refractivity contribution in [2.24, 2.45) is 0 Å². The van der Waals surface area contributed by atoms with E-state index in [1.807, 2.05) is 0 Å².